The van der Waals surface area contributed by atoms with E-state index in [0.29, 0.717) is 12.5 Å². The Morgan fingerprint density at radius 3 is 2.80 bits per heavy atom. The molecule has 1 aromatic carbocycles. The van der Waals surface area contributed by atoms with E-state index in [1.807, 2.05) is 7.05 Å². The molecule has 2 N–H and O–H groups in total. The molecule has 0 aliphatic carbocycles. The van der Waals surface area contributed by atoms with Gasteiger partial charge >= 0.3 is 0 Å². The van der Waals surface area contributed by atoms with Crippen molar-refractivity contribution in [3.05, 3.63) is 47.0 Å². The molecule has 1 saturated heterocycles. The van der Waals surface area contributed by atoms with Crippen LogP contribution < -0.4 is 10.6 Å². The zero-order chi connectivity index (χ0) is 20.1. The van der Waals surface area contributed by atoms with E-state index in [1.165, 1.54) is 24.0 Å². The molecule has 2 aromatic rings. The molecular weight excluding hydrogens is 491 g/mol. The molecule has 0 spiro atoms. The number of benzene rings is 1. The third-order valence-corrected chi connectivity index (χ3v) is 5.96. The number of ether oxygens (including phenoxy) is 1. The van der Waals surface area contributed by atoms with Crippen molar-refractivity contribution in [1.29, 1.82) is 0 Å². The van der Waals surface area contributed by atoms with Crippen molar-refractivity contribution in [1.82, 2.24) is 25.4 Å². The van der Waals surface area contributed by atoms with Crippen molar-refractivity contribution in [3.63, 3.8) is 0 Å². The Balaban J connectivity index is 0.00000256. The normalized spacial score (nSPS) is 21.5. The summed E-state index contributed by atoms with van der Waals surface area (Å²) in [6.45, 7) is 5.43. The molecule has 1 fully saturated rings. The molecule has 3 heterocycles. The molecule has 0 amide bonds. The Hall–Kier alpha value is -1.68. The molecule has 2 aliphatic rings. The van der Waals surface area contributed by atoms with Crippen molar-refractivity contribution in [3.8, 4) is 0 Å². The lowest BCUT2D eigenvalue weighted by molar-refractivity contribution is -0.0265. The summed E-state index contributed by atoms with van der Waals surface area (Å²) in [5.41, 5.74) is 2.54. The second-order valence-corrected chi connectivity index (χ2v) is 8.05. The molecule has 8 heteroatoms. The number of aromatic nitrogens is 3. The van der Waals surface area contributed by atoms with Crippen LogP contribution in [0.5, 0.6) is 0 Å². The lowest BCUT2D eigenvalue weighted by Gasteiger charge is -2.32. The number of aliphatic imine (C=N–C) groups is 1. The van der Waals surface area contributed by atoms with Crippen molar-refractivity contribution in [2.75, 3.05) is 20.2 Å². The number of nitrogens with one attached hydrogen (secondary N) is 2. The topological polar surface area (TPSA) is 76.4 Å². The third-order valence-electron chi connectivity index (χ3n) is 5.96. The van der Waals surface area contributed by atoms with Gasteiger partial charge in [0.1, 0.15) is 5.82 Å². The van der Waals surface area contributed by atoms with E-state index >= 15 is 0 Å². The minimum atomic E-state index is 0. The summed E-state index contributed by atoms with van der Waals surface area (Å²) in [5, 5.41) is 15.6. The predicted molar refractivity (Wildman–Crippen MR) is 129 cm³/mol. The van der Waals surface area contributed by atoms with E-state index in [-0.39, 0.29) is 30.1 Å². The summed E-state index contributed by atoms with van der Waals surface area (Å²) in [4.78, 5) is 4.39. The smallest absolute Gasteiger partial charge is 0.191 e. The van der Waals surface area contributed by atoms with Crippen LogP contribution in [0, 0.1) is 12.8 Å². The van der Waals surface area contributed by atoms with Crippen molar-refractivity contribution in [2.24, 2.45) is 10.9 Å². The van der Waals surface area contributed by atoms with Gasteiger partial charge in [-0.3, -0.25) is 4.99 Å². The molecular formula is C22H33IN6O. The largest absolute Gasteiger partial charge is 0.373 e. The van der Waals surface area contributed by atoms with Crippen LogP contribution in [0.1, 0.15) is 54.6 Å². The standard InChI is InChI=1S/C22H32N6O.HI/c1-16-8-10-17(11-9-16)21-18(6-5-13-29-21)14-24-22(23-2)25-15-20-27-26-19-7-3-4-12-28(19)20;/h8-11,18,21H,3-7,12-15H2,1-2H3,(H2,23,24,25);1H. The number of hydrogen-bond acceptors (Lipinski definition) is 4. The Morgan fingerprint density at radius 1 is 1.17 bits per heavy atom. The minimum Gasteiger partial charge on any atom is -0.373 e. The van der Waals surface area contributed by atoms with Crippen LogP contribution in [0.2, 0.25) is 0 Å². The summed E-state index contributed by atoms with van der Waals surface area (Å²) in [6.07, 6.45) is 5.83. The maximum absolute atomic E-state index is 6.14. The molecule has 1 aromatic heterocycles. The highest BCUT2D eigenvalue weighted by atomic mass is 127. The van der Waals surface area contributed by atoms with E-state index in [2.05, 4.69) is 61.6 Å². The molecule has 2 atom stereocenters. The minimum absolute atomic E-state index is 0. The van der Waals surface area contributed by atoms with Crippen molar-refractivity contribution >= 4 is 29.9 Å². The van der Waals surface area contributed by atoms with E-state index in [4.69, 9.17) is 4.74 Å². The molecule has 30 heavy (non-hydrogen) atoms. The first-order chi connectivity index (χ1) is 14.2. The van der Waals surface area contributed by atoms with Crippen LogP contribution in [0.15, 0.2) is 29.3 Å². The lowest BCUT2D eigenvalue weighted by Crippen LogP contribution is -2.42. The number of guanidine groups is 1. The quantitative estimate of drug-likeness (QED) is 0.357. The zero-order valence-electron chi connectivity index (χ0n) is 17.9. The molecule has 0 saturated carbocycles. The molecule has 0 bridgehead atoms. The molecule has 4 rings (SSSR count). The predicted octanol–water partition coefficient (Wildman–Crippen LogP) is 3.37. The van der Waals surface area contributed by atoms with Gasteiger partial charge in [0.15, 0.2) is 11.8 Å². The first kappa shape index (κ1) is 23.0. The van der Waals surface area contributed by atoms with Crippen LogP contribution >= 0.6 is 24.0 Å². The van der Waals surface area contributed by atoms with Gasteiger partial charge in [-0.2, -0.15) is 0 Å². The van der Waals surface area contributed by atoms with E-state index in [9.17, 15) is 0 Å². The number of nitrogens with zero attached hydrogens (tertiary/aromatic N) is 4. The Morgan fingerprint density at radius 2 is 2.00 bits per heavy atom. The molecule has 2 aliphatic heterocycles. The van der Waals surface area contributed by atoms with Crippen LogP contribution in [0.3, 0.4) is 0 Å². The SMILES string of the molecule is CN=C(NCc1nnc2n1CCCC2)NCC1CCCOC1c1ccc(C)cc1.I. The van der Waals surface area contributed by atoms with Crippen LogP contribution in [0.25, 0.3) is 0 Å². The number of halogens is 1. The number of fused-ring (bicyclic) bond motifs is 1. The van der Waals surface area contributed by atoms with Crippen LogP contribution in [-0.2, 0) is 24.2 Å². The monoisotopic (exact) mass is 524 g/mol. The van der Waals surface area contributed by atoms with Crippen molar-refractivity contribution in [2.45, 2.75) is 58.2 Å². The summed E-state index contributed by atoms with van der Waals surface area (Å²) >= 11 is 0. The van der Waals surface area contributed by atoms with Gasteiger partial charge in [-0.05, 0) is 38.2 Å². The van der Waals surface area contributed by atoms with Crippen molar-refractivity contribution < 1.29 is 4.74 Å². The highest BCUT2D eigenvalue weighted by molar-refractivity contribution is 14.0. The maximum atomic E-state index is 6.14. The summed E-state index contributed by atoms with van der Waals surface area (Å²) in [6, 6.07) is 8.72. The number of aryl methyl sites for hydroxylation is 2. The molecule has 164 valence electrons. The third kappa shape index (κ3) is 5.51. The fourth-order valence-corrected chi connectivity index (χ4v) is 4.29. The molecule has 7 nitrogen and oxygen atoms in total. The summed E-state index contributed by atoms with van der Waals surface area (Å²) in [7, 11) is 1.81. The number of hydrogen-bond donors (Lipinski definition) is 2. The fraction of sp³-hybridized carbons (Fsp3) is 0.591. The van der Waals surface area contributed by atoms with Gasteiger partial charge in [0.2, 0.25) is 0 Å². The van der Waals surface area contributed by atoms with E-state index in [0.717, 1.165) is 56.6 Å². The second-order valence-electron chi connectivity index (χ2n) is 8.05. The Labute approximate surface area is 196 Å². The van der Waals surface area contributed by atoms with Gasteiger partial charge in [-0.25, -0.2) is 0 Å². The lowest BCUT2D eigenvalue weighted by atomic mass is 9.89. The average Bonchev–Trinajstić information content (AvgIpc) is 3.18. The van der Waals surface area contributed by atoms with Gasteiger partial charge in [0.25, 0.3) is 0 Å². The maximum Gasteiger partial charge on any atom is 0.191 e. The van der Waals surface area contributed by atoms with Crippen LogP contribution in [0.4, 0.5) is 0 Å². The van der Waals surface area contributed by atoms with Gasteiger partial charge < -0.3 is 19.9 Å². The van der Waals surface area contributed by atoms with Gasteiger partial charge in [-0.15, -0.1) is 34.2 Å². The fourth-order valence-electron chi connectivity index (χ4n) is 4.29. The summed E-state index contributed by atoms with van der Waals surface area (Å²) in [5.74, 6) is 3.31. The molecule has 2 unspecified atom stereocenters. The average molecular weight is 524 g/mol. The highest BCUT2D eigenvalue weighted by Crippen LogP contribution is 2.33. The first-order valence-corrected chi connectivity index (χ1v) is 10.8. The van der Waals surface area contributed by atoms with E-state index < -0.39 is 0 Å². The number of rotatable bonds is 5. The Bertz CT molecular complexity index is 835. The van der Waals surface area contributed by atoms with Gasteiger partial charge in [0.05, 0.1) is 12.6 Å². The summed E-state index contributed by atoms with van der Waals surface area (Å²) < 4.78 is 8.38. The molecule has 0 radical (unpaired) electrons. The highest BCUT2D eigenvalue weighted by Gasteiger charge is 2.27. The van der Waals surface area contributed by atoms with Gasteiger partial charge in [0, 0.05) is 39.1 Å². The van der Waals surface area contributed by atoms with Crippen LogP contribution in [-0.4, -0.2) is 40.9 Å². The zero-order valence-corrected chi connectivity index (χ0v) is 20.3. The Kier molecular flexibility index (Phi) is 8.50. The van der Waals surface area contributed by atoms with E-state index in [1.54, 1.807) is 0 Å². The second kappa shape index (κ2) is 11.1. The first-order valence-electron chi connectivity index (χ1n) is 10.8. The van der Waals surface area contributed by atoms with Gasteiger partial charge in [-0.1, -0.05) is 29.8 Å².